The zero-order chi connectivity index (χ0) is 13.0. The molecule has 0 atom stereocenters. The third kappa shape index (κ3) is 3.31. The Morgan fingerprint density at radius 3 is 3.06 bits per heavy atom. The summed E-state index contributed by atoms with van der Waals surface area (Å²) in [6, 6.07) is 7.97. The van der Waals surface area contributed by atoms with Crippen LogP contribution in [0.25, 0.3) is 0 Å². The van der Waals surface area contributed by atoms with Gasteiger partial charge in [0.2, 0.25) is 0 Å². The first kappa shape index (κ1) is 12.1. The third-order valence-corrected chi connectivity index (χ3v) is 2.37. The molecule has 2 rings (SSSR count). The maximum atomic E-state index is 10.5. The number of anilines is 1. The lowest BCUT2D eigenvalue weighted by molar-refractivity contribution is -0.136. The summed E-state index contributed by atoms with van der Waals surface area (Å²) < 4.78 is 0. The molecular formula is C12H14N4O2. The van der Waals surface area contributed by atoms with Gasteiger partial charge in [-0.2, -0.15) is 5.10 Å². The van der Waals surface area contributed by atoms with Gasteiger partial charge in [0.15, 0.2) is 5.82 Å². The van der Waals surface area contributed by atoms with Crippen molar-refractivity contribution in [3.8, 4) is 0 Å². The molecule has 1 aromatic heterocycles. The minimum absolute atomic E-state index is 0.166. The zero-order valence-corrected chi connectivity index (χ0v) is 9.97. The van der Waals surface area contributed by atoms with Crippen LogP contribution in [0, 0.1) is 6.92 Å². The molecule has 94 valence electrons. The fraction of sp³-hybridized carbons (Fsp3) is 0.250. The normalized spacial score (nSPS) is 10.3. The second-order valence-electron chi connectivity index (χ2n) is 3.99. The molecule has 0 amide bonds. The minimum atomic E-state index is -0.938. The van der Waals surface area contributed by atoms with E-state index in [9.17, 15) is 4.79 Å². The van der Waals surface area contributed by atoms with E-state index >= 15 is 0 Å². The van der Waals surface area contributed by atoms with Crippen molar-refractivity contribution >= 4 is 11.7 Å². The van der Waals surface area contributed by atoms with Gasteiger partial charge >= 0.3 is 5.97 Å². The van der Waals surface area contributed by atoms with Crippen molar-refractivity contribution in [2.45, 2.75) is 19.9 Å². The van der Waals surface area contributed by atoms with Gasteiger partial charge in [0.25, 0.3) is 0 Å². The fourth-order valence-electron chi connectivity index (χ4n) is 1.57. The number of aromatic amines is 1. The van der Waals surface area contributed by atoms with Crippen LogP contribution in [0.15, 0.2) is 24.3 Å². The fourth-order valence-corrected chi connectivity index (χ4v) is 1.57. The van der Waals surface area contributed by atoms with Crippen LogP contribution >= 0.6 is 0 Å². The van der Waals surface area contributed by atoms with E-state index in [2.05, 4.69) is 20.5 Å². The molecule has 1 heterocycles. The third-order valence-electron chi connectivity index (χ3n) is 2.37. The van der Waals surface area contributed by atoms with Crippen LogP contribution in [0.2, 0.25) is 0 Å². The van der Waals surface area contributed by atoms with E-state index in [4.69, 9.17) is 5.11 Å². The predicted molar refractivity (Wildman–Crippen MR) is 66.2 cm³/mol. The average Bonchev–Trinajstić information content (AvgIpc) is 2.73. The van der Waals surface area contributed by atoms with Gasteiger partial charge in [-0.1, -0.05) is 12.1 Å². The molecule has 3 N–H and O–H groups in total. The Hall–Kier alpha value is -2.37. The van der Waals surface area contributed by atoms with E-state index in [-0.39, 0.29) is 6.42 Å². The van der Waals surface area contributed by atoms with Crippen molar-refractivity contribution in [1.82, 2.24) is 15.2 Å². The second-order valence-corrected chi connectivity index (χ2v) is 3.99. The van der Waals surface area contributed by atoms with E-state index in [1.807, 2.05) is 31.2 Å². The number of carboxylic acid groups (broad SMARTS) is 1. The Morgan fingerprint density at radius 2 is 2.33 bits per heavy atom. The Morgan fingerprint density at radius 1 is 1.50 bits per heavy atom. The van der Waals surface area contributed by atoms with Crippen LogP contribution in [-0.4, -0.2) is 26.3 Å². The lowest BCUT2D eigenvalue weighted by atomic mass is 10.2. The minimum Gasteiger partial charge on any atom is -0.481 e. The van der Waals surface area contributed by atoms with Crippen LogP contribution in [0.3, 0.4) is 0 Å². The molecule has 0 radical (unpaired) electrons. The number of rotatable bonds is 5. The molecule has 0 aliphatic carbocycles. The number of H-pyrrole nitrogens is 1. The number of carbonyl (C=O) groups is 1. The van der Waals surface area contributed by atoms with Crippen LogP contribution in [0.4, 0.5) is 5.69 Å². The van der Waals surface area contributed by atoms with E-state index in [0.717, 1.165) is 5.69 Å². The molecule has 0 aliphatic rings. The van der Waals surface area contributed by atoms with Crippen molar-refractivity contribution in [3.63, 3.8) is 0 Å². The average molecular weight is 246 g/mol. The number of aliphatic carboxylic acids is 1. The Balaban J connectivity index is 1.94. The summed E-state index contributed by atoms with van der Waals surface area (Å²) in [4.78, 5) is 14.6. The molecule has 0 unspecified atom stereocenters. The predicted octanol–water partition coefficient (Wildman–Crippen LogP) is 1.35. The van der Waals surface area contributed by atoms with Crippen molar-refractivity contribution in [2.24, 2.45) is 0 Å². The summed E-state index contributed by atoms with van der Waals surface area (Å²) in [7, 11) is 0. The van der Waals surface area contributed by atoms with E-state index in [1.165, 1.54) is 5.56 Å². The van der Waals surface area contributed by atoms with Gasteiger partial charge in [-0.25, -0.2) is 4.98 Å². The van der Waals surface area contributed by atoms with Gasteiger partial charge in [-0.05, 0) is 24.6 Å². The molecule has 6 nitrogen and oxygen atoms in total. The SMILES string of the molecule is Cc1cccc(NCc2nc(CC(=O)O)n[nH]2)c1. The molecule has 6 heteroatoms. The number of aryl methyl sites for hydroxylation is 1. The van der Waals surface area contributed by atoms with E-state index in [0.29, 0.717) is 18.2 Å². The van der Waals surface area contributed by atoms with Gasteiger partial charge in [0.1, 0.15) is 12.2 Å². The Bertz CT molecular complexity index is 551. The van der Waals surface area contributed by atoms with Crippen LogP contribution in [0.1, 0.15) is 17.2 Å². The maximum absolute atomic E-state index is 10.5. The topological polar surface area (TPSA) is 90.9 Å². The van der Waals surface area contributed by atoms with Crippen molar-refractivity contribution in [1.29, 1.82) is 0 Å². The van der Waals surface area contributed by atoms with Crippen molar-refractivity contribution < 1.29 is 9.90 Å². The van der Waals surface area contributed by atoms with E-state index in [1.54, 1.807) is 0 Å². The van der Waals surface area contributed by atoms with Gasteiger partial charge in [-0.3, -0.25) is 9.89 Å². The molecule has 0 spiro atoms. The first-order chi connectivity index (χ1) is 8.63. The van der Waals surface area contributed by atoms with Crippen molar-refractivity contribution in [3.05, 3.63) is 41.5 Å². The van der Waals surface area contributed by atoms with Gasteiger partial charge in [0.05, 0.1) is 6.54 Å². The summed E-state index contributed by atoms with van der Waals surface area (Å²) >= 11 is 0. The molecule has 0 saturated heterocycles. The largest absolute Gasteiger partial charge is 0.481 e. The molecule has 0 saturated carbocycles. The Labute approximate surface area is 104 Å². The quantitative estimate of drug-likeness (QED) is 0.740. The molecular weight excluding hydrogens is 232 g/mol. The summed E-state index contributed by atoms with van der Waals surface area (Å²) in [5.74, 6) is -0.0245. The maximum Gasteiger partial charge on any atom is 0.311 e. The molecule has 1 aromatic carbocycles. The second kappa shape index (κ2) is 5.31. The number of hydrogen-bond acceptors (Lipinski definition) is 4. The Kier molecular flexibility index (Phi) is 3.57. The zero-order valence-electron chi connectivity index (χ0n) is 9.97. The lowest BCUT2D eigenvalue weighted by Gasteiger charge is -2.04. The molecule has 18 heavy (non-hydrogen) atoms. The highest BCUT2D eigenvalue weighted by atomic mass is 16.4. The number of nitrogens with zero attached hydrogens (tertiary/aromatic N) is 2. The summed E-state index contributed by atoms with van der Waals surface area (Å²) in [5.41, 5.74) is 2.16. The first-order valence-electron chi connectivity index (χ1n) is 5.56. The van der Waals surface area contributed by atoms with Gasteiger partial charge in [0, 0.05) is 5.69 Å². The first-order valence-corrected chi connectivity index (χ1v) is 5.56. The highest BCUT2D eigenvalue weighted by Gasteiger charge is 2.07. The number of benzene rings is 1. The number of carboxylic acids is 1. The van der Waals surface area contributed by atoms with E-state index < -0.39 is 5.97 Å². The number of aromatic nitrogens is 3. The monoisotopic (exact) mass is 246 g/mol. The van der Waals surface area contributed by atoms with Crippen molar-refractivity contribution in [2.75, 3.05) is 5.32 Å². The summed E-state index contributed by atoms with van der Waals surface area (Å²) in [6.45, 7) is 2.50. The van der Waals surface area contributed by atoms with Crippen LogP contribution < -0.4 is 5.32 Å². The smallest absolute Gasteiger partial charge is 0.311 e. The highest BCUT2D eigenvalue weighted by Crippen LogP contribution is 2.10. The van der Waals surface area contributed by atoms with Gasteiger partial charge < -0.3 is 10.4 Å². The standard InChI is InChI=1S/C12H14N4O2/c1-8-3-2-4-9(5-8)13-7-11-14-10(15-16-11)6-12(17)18/h2-5,13H,6-7H2,1H3,(H,17,18)(H,14,15,16). The molecule has 0 aliphatic heterocycles. The summed E-state index contributed by atoms with van der Waals surface area (Å²) in [6.07, 6.45) is -0.166. The van der Waals surface area contributed by atoms with Crippen LogP contribution in [-0.2, 0) is 17.8 Å². The van der Waals surface area contributed by atoms with Gasteiger partial charge in [-0.15, -0.1) is 0 Å². The lowest BCUT2D eigenvalue weighted by Crippen LogP contribution is -2.03. The van der Waals surface area contributed by atoms with Crippen LogP contribution in [0.5, 0.6) is 0 Å². The summed E-state index contributed by atoms with van der Waals surface area (Å²) in [5, 5.41) is 18.3. The highest BCUT2D eigenvalue weighted by molar-refractivity contribution is 5.68. The molecule has 0 bridgehead atoms. The molecule has 0 fully saturated rings. The number of nitrogens with one attached hydrogen (secondary N) is 2. The molecule has 2 aromatic rings. The number of hydrogen-bond donors (Lipinski definition) is 3.